The van der Waals surface area contributed by atoms with Crippen molar-refractivity contribution < 1.29 is 14.7 Å². The number of amides is 2. The molecule has 0 aliphatic carbocycles. The van der Waals surface area contributed by atoms with Gasteiger partial charge >= 0.3 is 12.0 Å². The number of aryl methyl sites for hydroxylation is 2. The van der Waals surface area contributed by atoms with Crippen molar-refractivity contribution in [1.82, 2.24) is 15.1 Å². The number of nitrogens with zero attached hydrogens (tertiary/aromatic N) is 2. The van der Waals surface area contributed by atoms with Crippen LogP contribution in [0.3, 0.4) is 0 Å². The summed E-state index contributed by atoms with van der Waals surface area (Å²) in [6.07, 6.45) is 2.41. The lowest BCUT2D eigenvalue weighted by Crippen LogP contribution is -2.57. The number of aromatic nitrogens is 2. The Labute approximate surface area is 124 Å². The maximum Gasteiger partial charge on any atom is 0.319 e. The lowest BCUT2D eigenvalue weighted by molar-refractivity contribution is -0.150. The molecule has 1 rings (SSSR count). The molecule has 21 heavy (non-hydrogen) atoms. The Balaban J connectivity index is 2.84. The predicted octanol–water partition coefficient (Wildman–Crippen LogP) is 1.99. The Hall–Kier alpha value is -2.05. The molecule has 0 spiro atoms. The van der Waals surface area contributed by atoms with E-state index < -0.39 is 23.0 Å². The zero-order chi connectivity index (χ0) is 16.4. The van der Waals surface area contributed by atoms with E-state index in [9.17, 15) is 14.7 Å². The molecule has 0 aliphatic heterocycles. The summed E-state index contributed by atoms with van der Waals surface area (Å²) < 4.78 is 1.63. The largest absolute Gasteiger partial charge is 0.481 e. The standard InChI is InChI=1S/C14H24N4O3/c1-7-9-10(8-18(6)17-9)15-12(21)16-14(4,5)13(2,3)11(19)20/h8H,7H2,1-6H3,(H,19,20)(H2,15,16,21). The van der Waals surface area contributed by atoms with E-state index in [1.807, 2.05) is 6.92 Å². The van der Waals surface area contributed by atoms with Crippen molar-refractivity contribution in [1.29, 1.82) is 0 Å². The number of urea groups is 1. The molecular weight excluding hydrogens is 272 g/mol. The van der Waals surface area contributed by atoms with Crippen molar-refractivity contribution in [3.05, 3.63) is 11.9 Å². The van der Waals surface area contributed by atoms with Crippen molar-refractivity contribution >= 4 is 17.7 Å². The van der Waals surface area contributed by atoms with Crippen LogP contribution in [0.1, 0.15) is 40.3 Å². The van der Waals surface area contributed by atoms with Gasteiger partial charge < -0.3 is 15.7 Å². The number of aliphatic carboxylic acids is 1. The first kappa shape index (κ1) is 17.0. The van der Waals surface area contributed by atoms with Crippen molar-refractivity contribution in [2.24, 2.45) is 12.5 Å². The average molecular weight is 296 g/mol. The molecule has 118 valence electrons. The summed E-state index contributed by atoms with van der Waals surface area (Å²) in [4.78, 5) is 23.4. The number of carbonyl (C=O) groups is 2. The quantitative estimate of drug-likeness (QED) is 0.774. The molecule has 0 fully saturated rings. The third-order valence-electron chi connectivity index (χ3n) is 4.01. The fourth-order valence-corrected chi connectivity index (χ4v) is 1.76. The SMILES string of the molecule is CCc1nn(C)cc1NC(=O)NC(C)(C)C(C)(C)C(=O)O. The zero-order valence-corrected chi connectivity index (χ0v) is 13.4. The smallest absolute Gasteiger partial charge is 0.319 e. The highest BCUT2D eigenvalue weighted by molar-refractivity contribution is 5.91. The highest BCUT2D eigenvalue weighted by atomic mass is 16.4. The number of carboxylic acids is 1. The maximum absolute atomic E-state index is 12.1. The summed E-state index contributed by atoms with van der Waals surface area (Å²) in [6, 6.07) is -0.447. The molecule has 3 N–H and O–H groups in total. The van der Waals surface area contributed by atoms with Gasteiger partial charge in [-0.1, -0.05) is 6.92 Å². The lowest BCUT2D eigenvalue weighted by atomic mass is 9.74. The van der Waals surface area contributed by atoms with Crippen LogP contribution in [0.5, 0.6) is 0 Å². The molecule has 7 nitrogen and oxygen atoms in total. The van der Waals surface area contributed by atoms with Gasteiger partial charge in [-0.3, -0.25) is 9.48 Å². The molecule has 0 aromatic carbocycles. The van der Waals surface area contributed by atoms with Crippen LogP contribution in [0, 0.1) is 5.41 Å². The first-order chi connectivity index (χ1) is 9.51. The highest BCUT2D eigenvalue weighted by Crippen LogP contribution is 2.30. The fourth-order valence-electron chi connectivity index (χ4n) is 1.76. The normalized spacial score (nSPS) is 12.1. The van der Waals surface area contributed by atoms with Crippen LogP contribution in [0.15, 0.2) is 6.20 Å². The molecule has 1 aromatic heterocycles. The Kier molecular flexibility index (Phi) is 4.65. The molecule has 7 heteroatoms. The number of carbonyl (C=O) groups excluding carboxylic acids is 1. The van der Waals surface area contributed by atoms with Crippen molar-refractivity contribution in [2.75, 3.05) is 5.32 Å². The van der Waals surface area contributed by atoms with Gasteiger partial charge in [-0.05, 0) is 34.1 Å². The van der Waals surface area contributed by atoms with Crippen LogP contribution >= 0.6 is 0 Å². The van der Waals surface area contributed by atoms with Crippen molar-refractivity contribution in [3.63, 3.8) is 0 Å². The molecule has 1 heterocycles. The summed E-state index contributed by atoms with van der Waals surface area (Å²) in [5.41, 5.74) is -0.617. The first-order valence-electron chi connectivity index (χ1n) is 6.86. The summed E-state index contributed by atoms with van der Waals surface area (Å²) in [7, 11) is 1.78. The third kappa shape index (κ3) is 3.53. The predicted molar refractivity (Wildman–Crippen MR) is 80.2 cm³/mol. The summed E-state index contributed by atoms with van der Waals surface area (Å²) >= 11 is 0. The summed E-state index contributed by atoms with van der Waals surface area (Å²) in [5, 5.41) is 19.0. The van der Waals surface area contributed by atoms with Gasteiger partial charge in [-0.2, -0.15) is 5.10 Å². The van der Waals surface area contributed by atoms with E-state index in [1.54, 1.807) is 45.6 Å². The van der Waals surface area contributed by atoms with Crippen LogP contribution in [-0.2, 0) is 18.3 Å². The number of anilines is 1. The van der Waals surface area contributed by atoms with Gasteiger partial charge in [0.2, 0.25) is 0 Å². The minimum Gasteiger partial charge on any atom is -0.481 e. The van der Waals surface area contributed by atoms with Gasteiger partial charge in [0.15, 0.2) is 0 Å². The fraction of sp³-hybridized carbons (Fsp3) is 0.643. The van der Waals surface area contributed by atoms with E-state index >= 15 is 0 Å². The Morgan fingerprint density at radius 3 is 2.38 bits per heavy atom. The second-order valence-electron chi connectivity index (χ2n) is 6.15. The summed E-state index contributed by atoms with van der Waals surface area (Å²) in [6.45, 7) is 8.48. The molecule has 0 bridgehead atoms. The minimum atomic E-state index is -1.10. The van der Waals surface area contributed by atoms with E-state index in [1.165, 1.54) is 0 Å². The third-order valence-corrected chi connectivity index (χ3v) is 4.01. The Morgan fingerprint density at radius 1 is 1.33 bits per heavy atom. The molecule has 0 unspecified atom stereocenters. The molecule has 0 atom stereocenters. The number of nitrogens with one attached hydrogen (secondary N) is 2. The van der Waals surface area contributed by atoms with Gasteiger partial charge in [0, 0.05) is 13.2 Å². The lowest BCUT2D eigenvalue weighted by Gasteiger charge is -2.38. The van der Waals surface area contributed by atoms with E-state index in [2.05, 4.69) is 15.7 Å². The van der Waals surface area contributed by atoms with Crippen molar-refractivity contribution in [3.8, 4) is 0 Å². The van der Waals surface area contributed by atoms with E-state index in [0.29, 0.717) is 12.1 Å². The maximum atomic E-state index is 12.1. The van der Waals surface area contributed by atoms with Gasteiger partial charge in [0.1, 0.15) is 0 Å². The van der Waals surface area contributed by atoms with E-state index in [4.69, 9.17) is 0 Å². The molecule has 0 radical (unpaired) electrons. The minimum absolute atomic E-state index is 0.447. The van der Waals surface area contributed by atoms with Crippen LogP contribution in [0.4, 0.5) is 10.5 Å². The summed E-state index contributed by atoms with van der Waals surface area (Å²) in [5.74, 6) is -0.969. The average Bonchev–Trinajstić information content (AvgIpc) is 2.67. The highest BCUT2D eigenvalue weighted by Gasteiger charge is 2.44. The molecule has 0 aliphatic rings. The second kappa shape index (κ2) is 5.75. The molecule has 1 aromatic rings. The van der Waals surface area contributed by atoms with Gasteiger partial charge in [-0.15, -0.1) is 0 Å². The zero-order valence-electron chi connectivity index (χ0n) is 13.4. The first-order valence-corrected chi connectivity index (χ1v) is 6.86. The second-order valence-corrected chi connectivity index (χ2v) is 6.15. The van der Waals surface area contributed by atoms with Gasteiger partial charge in [0.05, 0.1) is 22.3 Å². The number of rotatable bonds is 5. The Morgan fingerprint density at radius 2 is 1.90 bits per heavy atom. The topological polar surface area (TPSA) is 96.3 Å². The molecular formula is C14H24N4O3. The van der Waals surface area contributed by atoms with E-state index in [0.717, 1.165) is 5.69 Å². The molecule has 0 saturated heterocycles. The number of hydrogen-bond acceptors (Lipinski definition) is 3. The van der Waals surface area contributed by atoms with Crippen LogP contribution < -0.4 is 10.6 Å². The number of carboxylic acid groups (broad SMARTS) is 1. The molecule has 0 saturated carbocycles. The van der Waals surface area contributed by atoms with Crippen molar-refractivity contribution in [2.45, 2.75) is 46.6 Å². The Bertz CT molecular complexity index is 546. The van der Waals surface area contributed by atoms with Gasteiger partial charge in [0.25, 0.3) is 0 Å². The van der Waals surface area contributed by atoms with Crippen LogP contribution in [-0.4, -0.2) is 32.4 Å². The van der Waals surface area contributed by atoms with E-state index in [-0.39, 0.29) is 0 Å². The van der Waals surface area contributed by atoms with Crippen LogP contribution in [0.25, 0.3) is 0 Å². The molecule has 2 amide bonds. The van der Waals surface area contributed by atoms with Crippen LogP contribution in [0.2, 0.25) is 0 Å². The number of hydrogen-bond donors (Lipinski definition) is 3. The monoisotopic (exact) mass is 296 g/mol. The van der Waals surface area contributed by atoms with Gasteiger partial charge in [-0.25, -0.2) is 4.79 Å².